The van der Waals surface area contributed by atoms with Gasteiger partial charge in [-0.05, 0) is 29.8 Å². The van der Waals surface area contributed by atoms with Gasteiger partial charge in [0.25, 0.3) is 5.91 Å². The molecule has 6 heteroatoms. The Hall–Kier alpha value is -3.15. The molecule has 0 unspecified atom stereocenters. The molecule has 5 nitrogen and oxygen atoms in total. The summed E-state index contributed by atoms with van der Waals surface area (Å²) in [6.07, 6.45) is 3.26. The third-order valence-electron chi connectivity index (χ3n) is 3.59. The molecule has 1 N–H and O–H groups in total. The molecule has 0 radical (unpaired) electrons. The van der Waals surface area contributed by atoms with E-state index in [1.165, 1.54) is 19.2 Å². The molecular weight excluding hydrogens is 309 g/mol. The van der Waals surface area contributed by atoms with Crippen LogP contribution in [0.3, 0.4) is 0 Å². The van der Waals surface area contributed by atoms with Gasteiger partial charge in [-0.2, -0.15) is 5.10 Å². The maximum Gasteiger partial charge on any atom is 0.256 e. The van der Waals surface area contributed by atoms with E-state index in [2.05, 4.69) is 10.4 Å². The molecule has 0 aliphatic heterocycles. The van der Waals surface area contributed by atoms with E-state index < -0.39 is 5.82 Å². The van der Waals surface area contributed by atoms with Gasteiger partial charge in [-0.1, -0.05) is 18.2 Å². The highest BCUT2D eigenvalue weighted by Crippen LogP contribution is 2.33. The van der Waals surface area contributed by atoms with Gasteiger partial charge in [0.05, 0.1) is 19.0 Å². The van der Waals surface area contributed by atoms with Gasteiger partial charge in [0.1, 0.15) is 11.6 Å². The van der Waals surface area contributed by atoms with Crippen LogP contribution in [-0.2, 0) is 7.05 Å². The van der Waals surface area contributed by atoms with Crippen LogP contribution in [0.15, 0.2) is 54.9 Å². The van der Waals surface area contributed by atoms with E-state index in [0.29, 0.717) is 28.1 Å². The second kappa shape index (κ2) is 6.54. The minimum absolute atomic E-state index is 0.301. The number of carbonyl (C=O) groups excluding carboxylic acids is 1. The number of hydrogen-bond acceptors (Lipinski definition) is 3. The Kier molecular flexibility index (Phi) is 4.29. The zero-order chi connectivity index (χ0) is 17.1. The molecule has 0 fully saturated rings. The van der Waals surface area contributed by atoms with Crippen molar-refractivity contribution < 1.29 is 13.9 Å². The van der Waals surface area contributed by atoms with E-state index in [0.717, 1.165) is 0 Å². The Morgan fingerprint density at radius 1 is 1.21 bits per heavy atom. The van der Waals surface area contributed by atoms with Crippen LogP contribution in [0.4, 0.5) is 10.1 Å². The smallest absolute Gasteiger partial charge is 0.256 e. The van der Waals surface area contributed by atoms with Crippen LogP contribution in [0.5, 0.6) is 5.75 Å². The van der Waals surface area contributed by atoms with E-state index in [-0.39, 0.29) is 5.91 Å². The monoisotopic (exact) mass is 325 g/mol. The number of anilines is 1. The second-order valence-electron chi connectivity index (χ2n) is 5.25. The summed E-state index contributed by atoms with van der Waals surface area (Å²) in [4.78, 5) is 12.6. The van der Waals surface area contributed by atoms with Crippen molar-refractivity contribution in [1.29, 1.82) is 0 Å². The zero-order valence-corrected chi connectivity index (χ0v) is 13.3. The summed E-state index contributed by atoms with van der Waals surface area (Å²) in [6, 6.07) is 11.2. The molecule has 3 aromatic rings. The summed E-state index contributed by atoms with van der Waals surface area (Å²) < 4.78 is 20.6. The molecule has 0 spiro atoms. The average Bonchev–Trinajstić information content (AvgIpc) is 2.99. The van der Waals surface area contributed by atoms with Gasteiger partial charge in [0.15, 0.2) is 0 Å². The highest BCUT2D eigenvalue weighted by molar-refractivity contribution is 6.09. The number of benzene rings is 2. The van der Waals surface area contributed by atoms with Crippen molar-refractivity contribution in [3.05, 3.63) is 66.2 Å². The molecule has 0 aliphatic carbocycles. The molecule has 0 saturated heterocycles. The van der Waals surface area contributed by atoms with Crippen molar-refractivity contribution in [3.8, 4) is 16.9 Å². The standard InChI is InChI=1S/C18H16FN3O2/c1-22-11-13(10-20-22)21-18(23)15-6-4-3-5-14(15)16-9-12(19)7-8-17(16)24-2/h3-11H,1-2H3,(H,21,23). The number of carbonyl (C=O) groups is 1. The molecule has 122 valence electrons. The molecule has 0 bridgehead atoms. The van der Waals surface area contributed by atoms with Gasteiger partial charge in [-0.3, -0.25) is 9.48 Å². The van der Waals surface area contributed by atoms with E-state index >= 15 is 0 Å². The molecule has 1 aromatic heterocycles. The van der Waals surface area contributed by atoms with Gasteiger partial charge in [-0.25, -0.2) is 4.39 Å². The zero-order valence-electron chi connectivity index (χ0n) is 13.3. The van der Waals surface area contributed by atoms with Crippen molar-refractivity contribution in [1.82, 2.24) is 9.78 Å². The van der Waals surface area contributed by atoms with Crippen LogP contribution in [0.2, 0.25) is 0 Å². The Morgan fingerprint density at radius 2 is 2.00 bits per heavy atom. The summed E-state index contributed by atoms with van der Waals surface area (Å²) in [5.74, 6) is -0.198. The highest BCUT2D eigenvalue weighted by atomic mass is 19.1. The lowest BCUT2D eigenvalue weighted by Crippen LogP contribution is -2.13. The van der Waals surface area contributed by atoms with E-state index in [4.69, 9.17) is 4.74 Å². The van der Waals surface area contributed by atoms with Gasteiger partial charge >= 0.3 is 0 Å². The first-order valence-corrected chi connectivity index (χ1v) is 7.31. The molecule has 0 saturated carbocycles. The Balaban J connectivity index is 2.02. The molecule has 3 rings (SSSR count). The summed E-state index contributed by atoms with van der Waals surface area (Å²) >= 11 is 0. The molecule has 0 atom stereocenters. The number of ether oxygens (including phenoxy) is 1. The predicted octanol–water partition coefficient (Wildman–Crippen LogP) is 3.49. The van der Waals surface area contributed by atoms with Crippen molar-refractivity contribution in [2.75, 3.05) is 12.4 Å². The highest BCUT2D eigenvalue weighted by Gasteiger charge is 2.16. The van der Waals surface area contributed by atoms with Crippen LogP contribution in [0.25, 0.3) is 11.1 Å². The third-order valence-corrected chi connectivity index (χ3v) is 3.59. The van der Waals surface area contributed by atoms with Gasteiger partial charge in [0, 0.05) is 24.4 Å². The maximum absolute atomic E-state index is 13.7. The fourth-order valence-electron chi connectivity index (χ4n) is 2.49. The molecule has 1 heterocycles. The topological polar surface area (TPSA) is 56.1 Å². The summed E-state index contributed by atoms with van der Waals surface area (Å²) in [5, 5.41) is 6.80. The van der Waals surface area contributed by atoms with Gasteiger partial charge < -0.3 is 10.1 Å². The van der Waals surface area contributed by atoms with Crippen molar-refractivity contribution in [3.63, 3.8) is 0 Å². The molecule has 1 amide bonds. The number of aryl methyl sites for hydroxylation is 1. The number of aromatic nitrogens is 2. The third kappa shape index (κ3) is 3.12. The van der Waals surface area contributed by atoms with Crippen LogP contribution < -0.4 is 10.1 Å². The predicted molar refractivity (Wildman–Crippen MR) is 89.5 cm³/mol. The maximum atomic E-state index is 13.7. The largest absolute Gasteiger partial charge is 0.496 e. The summed E-state index contributed by atoms with van der Waals surface area (Å²) in [6.45, 7) is 0. The first-order chi connectivity index (χ1) is 11.6. The first kappa shape index (κ1) is 15.7. The Morgan fingerprint density at radius 3 is 2.71 bits per heavy atom. The fraction of sp³-hybridized carbons (Fsp3) is 0.111. The average molecular weight is 325 g/mol. The van der Waals surface area contributed by atoms with E-state index in [1.807, 2.05) is 0 Å². The Bertz CT molecular complexity index is 889. The second-order valence-corrected chi connectivity index (χ2v) is 5.25. The molecule has 24 heavy (non-hydrogen) atoms. The Labute approximate surface area is 138 Å². The van der Waals surface area contributed by atoms with E-state index in [1.54, 1.807) is 54.5 Å². The van der Waals surface area contributed by atoms with Gasteiger partial charge in [0.2, 0.25) is 0 Å². The lowest BCUT2D eigenvalue weighted by molar-refractivity contribution is 0.102. The first-order valence-electron chi connectivity index (χ1n) is 7.31. The number of rotatable bonds is 4. The quantitative estimate of drug-likeness (QED) is 0.799. The minimum Gasteiger partial charge on any atom is -0.496 e. The molecule has 0 aliphatic rings. The van der Waals surface area contributed by atoms with Gasteiger partial charge in [-0.15, -0.1) is 0 Å². The number of nitrogens with one attached hydrogen (secondary N) is 1. The van der Waals surface area contributed by atoms with Crippen molar-refractivity contribution in [2.24, 2.45) is 7.05 Å². The van der Waals surface area contributed by atoms with Crippen LogP contribution in [-0.4, -0.2) is 22.8 Å². The number of halogens is 1. The number of nitrogens with zero attached hydrogens (tertiary/aromatic N) is 2. The SMILES string of the molecule is COc1ccc(F)cc1-c1ccccc1C(=O)Nc1cnn(C)c1. The van der Waals surface area contributed by atoms with Crippen molar-refractivity contribution in [2.45, 2.75) is 0 Å². The lowest BCUT2D eigenvalue weighted by Gasteiger charge is -2.13. The number of amides is 1. The fourth-order valence-corrected chi connectivity index (χ4v) is 2.49. The normalized spacial score (nSPS) is 10.5. The van der Waals surface area contributed by atoms with Crippen molar-refractivity contribution >= 4 is 11.6 Å². The summed E-state index contributed by atoms with van der Waals surface area (Å²) in [7, 11) is 3.27. The minimum atomic E-state index is -0.395. The number of hydrogen-bond donors (Lipinski definition) is 1. The molecular formula is C18H16FN3O2. The van der Waals surface area contributed by atoms with Crippen LogP contribution in [0, 0.1) is 5.82 Å². The molecule has 2 aromatic carbocycles. The lowest BCUT2D eigenvalue weighted by atomic mass is 9.98. The van der Waals surface area contributed by atoms with E-state index in [9.17, 15) is 9.18 Å². The number of methoxy groups -OCH3 is 1. The van der Waals surface area contributed by atoms with Crippen LogP contribution >= 0.6 is 0 Å². The summed E-state index contributed by atoms with van der Waals surface area (Å²) in [5.41, 5.74) is 2.12. The van der Waals surface area contributed by atoms with Crippen LogP contribution in [0.1, 0.15) is 10.4 Å².